The highest BCUT2D eigenvalue weighted by Crippen LogP contribution is 2.35. The maximum atomic E-state index is 12.6. The highest BCUT2D eigenvalue weighted by molar-refractivity contribution is 7.16. The van der Waals surface area contributed by atoms with Crippen molar-refractivity contribution in [3.05, 3.63) is 51.4 Å². The normalized spacial score (nSPS) is 13.8. The van der Waals surface area contributed by atoms with Crippen LogP contribution in [0.2, 0.25) is 0 Å². The number of amides is 2. The summed E-state index contributed by atoms with van der Waals surface area (Å²) in [6.07, 6.45) is 0.610. The van der Waals surface area contributed by atoms with Crippen molar-refractivity contribution in [1.29, 1.82) is 0 Å². The van der Waals surface area contributed by atoms with E-state index in [0.29, 0.717) is 35.6 Å². The summed E-state index contributed by atoms with van der Waals surface area (Å²) < 4.78 is 0. The molecule has 0 fully saturated rings. The molecule has 3 rings (SSSR count). The van der Waals surface area contributed by atoms with Crippen molar-refractivity contribution in [3.8, 4) is 0 Å². The molecule has 0 spiro atoms. The van der Waals surface area contributed by atoms with Gasteiger partial charge in [0, 0.05) is 17.0 Å². The van der Waals surface area contributed by atoms with Crippen molar-refractivity contribution in [2.75, 3.05) is 12.3 Å². The SMILES string of the molecule is Cc1ccc(C(=O)N2CCc3c(sc(N)c3C(N)=O)C2)cc1. The Morgan fingerprint density at radius 1 is 1.23 bits per heavy atom. The summed E-state index contributed by atoms with van der Waals surface area (Å²) in [6, 6.07) is 7.53. The third-order valence-electron chi connectivity index (χ3n) is 3.92. The minimum absolute atomic E-state index is 0.00162. The highest BCUT2D eigenvalue weighted by Gasteiger charge is 2.28. The highest BCUT2D eigenvalue weighted by atomic mass is 32.1. The Morgan fingerprint density at radius 2 is 1.91 bits per heavy atom. The largest absolute Gasteiger partial charge is 0.390 e. The monoisotopic (exact) mass is 315 g/mol. The van der Waals surface area contributed by atoms with E-state index in [2.05, 4.69) is 0 Å². The summed E-state index contributed by atoms with van der Waals surface area (Å²) in [5, 5.41) is 0.446. The number of rotatable bonds is 2. The Bertz CT molecular complexity index is 749. The summed E-state index contributed by atoms with van der Waals surface area (Å²) in [6.45, 7) is 3.03. The molecule has 6 heteroatoms. The molecule has 114 valence electrons. The molecule has 5 nitrogen and oxygen atoms in total. The van der Waals surface area contributed by atoms with Crippen LogP contribution in [0.3, 0.4) is 0 Å². The lowest BCUT2D eigenvalue weighted by Crippen LogP contribution is -2.35. The zero-order valence-corrected chi connectivity index (χ0v) is 13.1. The van der Waals surface area contributed by atoms with Crippen LogP contribution in [0.4, 0.5) is 5.00 Å². The third kappa shape index (κ3) is 2.46. The fourth-order valence-electron chi connectivity index (χ4n) is 2.75. The van der Waals surface area contributed by atoms with Crippen LogP contribution in [0.5, 0.6) is 0 Å². The van der Waals surface area contributed by atoms with Gasteiger partial charge in [-0.3, -0.25) is 9.59 Å². The molecule has 2 amide bonds. The summed E-state index contributed by atoms with van der Waals surface area (Å²) in [5.41, 5.74) is 14.4. The molecule has 0 atom stereocenters. The van der Waals surface area contributed by atoms with E-state index in [1.54, 1.807) is 4.90 Å². The number of benzene rings is 1. The van der Waals surface area contributed by atoms with E-state index in [9.17, 15) is 9.59 Å². The number of fused-ring (bicyclic) bond motifs is 1. The summed E-state index contributed by atoms with van der Waals surface area (Å²) in [5.74, 6) is -0.494. The van der Waals surface area contributed by atoms with E-state index in [1.807, 2.05) is 31.2 Å². The molecule has 1 aliphatic rings. The van der Waals surface area contributed by atoms with E-state index in [1.165, 1.54) is 11.3 Å². The minimum Gasteiger partial charge on any atom is -0.390 e. The molecule has 1 aliphatic heterocycles. The lowest BCUT2D eigenvalue weighted by Gasteiger charge is -2.27. The molecule has 0 aliphatic carbocycles. The van der Waals surface area contributed by atoms with Crippen LogP contribution in [0, 0.1) is 6.92 Å². The van der Waals surface area contributed by atoms with Crippen molar-refractivity contribution in [3.63, 3.8) is 0 Å². The zero-order chi connectivity index (χ0) is 15.9. The molecule has 0 bridgehead atoms. The van der Waals surface area contributed by atoms with Crippen LogP contribution < -0.4 is 11.5 Å². The molecule has 0 saturated carbocycles. The fraction of sp³-hybridized carbons (Fsp3) is 0.250. The van der Waals surface area contributed by atoms with Gasteiger partial charge in [0.2, 0.25) is 0 Å². The molecule has 2 aromatic rings. The number of carbonyl (C=O) groups excluding carboxylic acids is 2. The lowest BCUT2D eigenvalue weighted by molar-refractivity contribution is 0.0737. The molecule has 1 aromatic carbocycles. The van der Waals surface area contributed by atoms with Gasteiger partial charge in [-0.2, -0.15) is 0 Å². The fourth-order valence-corrected chi connectivity index (χ4v) is 3.89. The van der Waals surface area contributed by atoms with Gasteiger partial charge in [0.25, 0.3) is 11.8 Å². The quantitative estimate of drug-likeness (QED) is 0.887. The molecule has 2 heterocycles. The average molecular weight is 315 g/mol. The molecule has 4 N–H and O–H groups in total. The van der Waals surface area contributed by atoms with Gasteiger partial charge >= 0.3 is 0 Å². The van der Waals surface area contributed by atoms with Gasteiger partial charge in [-0.15, -0.1) is 11.3 Å². The van der Waals surface area contributed by atoms with Crippen LogP contribution in [0.1, 0.15) is 36.7 Å². The first-order valence-electron chi connectivity index (χ1n) is 7.03. The number of carbonyl (C=O) groups is 2. The molecule has 1 aromatic heterocycles. The number of hydrogen-bond acceptors (Lipinski definition) is 4. The topological polar surface area (TPSA) is 89.4 Å². The van der Waals surface area contributed by atoms with Crippen molar-refractivity contribution in [1.82, 2.24) is 4.90 Å². The van der Waals surface area contributed by atoms with E-state index in [4.69, 9.17) is 11.5 Å². The number of anilines is 1. The van der Waals surface area contributed by atoms with E-state index >= 15 is 0 Å². The van der Waals surface area contributed by atoms with Gasteiger partial charge in [-0.1, -0.05) is 17.7 Å². The maximum Gasteiger partial charge on any atom is 0.254 e. The predicted octanol–water partition coefficient (Wildman–Crippen LogP) is 1.94. The number of primary amides is 1. The smallest absolute Gasteiger partial charge is 0.254 e. The van der Waals surface area contributed by atoms with Crippen molar-refractivity contribution >= 4 is 28.2 Å². The Balaban J connectivity index is 1.85. The second-order valence-electron chi connectivity index (χ2n) is 5.45. The van der Waals surface area contributed by atoms with Crippen molar-refractivity contribution < 1.29 is 9.59 Å². The number of nitrogens with two attached hydrogens (primary N) is 2. The standard InChI is InChI=1S/C16H17N3O2S/c1-9-2-4-10(5-3-9)16(21)19-7-6-11-12(8-19)22-15(18)13(11)14(17)20/h2-5H,6-8,18H2,1H3,(H2,17,20). The van der Waals surface area contributed by atoms with Crippen LogP contribution in [-0.4, -0.2) is 23.3 Å². The number of nitrogens with zero attached hydrogens (tertiary/aromatic N) is 1. The van der Waals surface area contributed by atoms with Gasteiger partial charge < -0.3 is 16.4 Å². The lowest BCUT2D eigenvalue weighted by atomic mass is 10.0. The Morgan fingerprint density at radius 3 is 2.55 bits per heavy atom. The van der Waals surface area contributed by atoms with Gasteiger partial charge in [-0.05, 0) is 31.0 Å². The number of hydrogen-bond donors (Lipinski definition) is 2. The van der Waals surface area contributed by atoms with Crippen LogP contribution in [0.25, 0.3) is 0 Å². The minimum atomic E-state index is -0.492. The van der Waals surface area contributed by atoms with Crippen molar-refractivity contribution in [2.24, 2.45) is 5.73 Å². The Hall–Kier alpha value is -2.34. The van der Waals surface area contributed by atoms with Crippen LogP contribution >= 0.6 is 11.3 Å². The van der Waals surface area contributed by atoms with Gasteiger partial charge in [0.15, 0.2) is 0 Å². The van der Waals surface area contributed by atoms with E-state index in [-0.39, 0.29) is 5.91 Å². The summed E-state index contributed by atoms with van der Waals surface area (Å²) in [4.78, 5) is 26.8. The molecule has 0 unspecified atom stereocenters. The molecule has 22 heavy (non-hydrogen) atoms. The first kappa shape index (κ1) is 14.6. The first-order chi connectivity index (χ1) is 10.5. The molecule has 0 saturated heterocycles. The van der Waals surface area contributed by atoms with Crippen molar-refractivity contribution in [2.45, 2.75) is 19.9 Å². The second kappa shape index (κ2) is 5.46. The maximum absolute atomic E-state index is 12.6. The zero-order valence-electron chi connectivity index (χ0n) is 12.3. The molecular formula is C16H17N3O2S. The number of aryl methyl sites for hydroxylation is 1. The molecule has 0 radical (unpaired) electrons. The summed E-state index contributed by atoms with van der Waals surface area (Å²) >= 11 is 1.35. The third-order valence-corrected chi connectivity index (χ3v) is 4.96. The van der Waals surface area contributed by atoms with Gasteiger partial charge in [-0.25, -0.2) is 0 Å². The molecular weight excluding hydrogens is 298 g/mol. The Kier molecular flexibility index (Phi) is 3.62. The van der Waals surface area contributed by atoms with E-state index < -0.39 is 5.91 Å². The second-order valence-corrected chi connectivity index (χ2v) is 6.59. The van der Waals surface area contributed by atoms with E-state index in [0.717, 1.165) is 16.0 Å². The number of thiophene rings is 1. The predicted molar refractivity (Wildman–Crippen MR) is 86.9 cm³/mol. The summed E-state index contributed by atoms with van der Waals surface area (Å²) in [7, 11) is 0. The first-order valence-corrected chi connectivity index (χ1v) is 7.84. The number of nitrogen functional groups attached to an aromatic ring is 1. The Labute approximate surface area is 132 Å². The van der Waals surface area contributed by atoms with Crippen LogP contribution in [-0.2, 0) is 13.0 Å². The van der Waals surface area contributed by atoms with Gasteiger partial charge in [0.1, 0.15) is 0 Å². The average Bonchev–Trinajstić information content (AvgIpc) is 2.82. The van der Waals surface area contributed by atoms with Crippen LogP contribution in [0.15, 0.2) is 24.3 Å². The van der Waals surface area contributed by atoms with Gasteiger partial charge in [0.05, 0.1) is 17.1 Å².